The van der Waals surface area contributed by atoms with Gasteiger partial charge in [-0.1, -0.05) is 75.4 Å². The number of Topliss-reactive ketones (excluding diaryl/α,β-unsaturated/α-hetero) is 1. The Morgan fingerprint density at radius 1 is 0.895 bits per heavy atom. The Kier molecular flexibility index (Phi) is 7.95. The molecule has 1 aromatic heterocycles. The number of nitrogens with one attached hydrogen (secondary N) is 3. The minimum absolute atomic E-state index is 0.148. The Labute approximate surface area is 220 Å². The van der Waals surface area contributed by atoms with Crippen LogP contribution in [-0.4, -0.2) is 40.4 Å². The van der Waals surface area contributed by atoms with Crippen LogP contribution in [0.1, 0.15) is 49.3 Å². The molecule has 2 heterocycles. The fraction of sp³-hybridized carbons (Fsp3) is 0.310. The van der Waals surface area contributed by atoms with Crippen molar-refractivity contribution in [3.05, 3.63) is 78.0 Å². The Balaban J connectivity index is 1.51. The van der Waals surface area contributed by atoms with Gasteiger partial charge in [-0.05, 0) is 23.6 Å². The van der Waals surface area contributed by atoms with Gasteiger partial charge in [0.15, 0.2) is 5.78 Å². The van der Waals surface area contributed by atoms with Gasteiger partial charge >= 0.3 is 0 Å². The van der Waals surface area contributed by atoms with Gasteiger partial charge in [0.25, 0.3) is 5.91 Å². The number of amides is 4. The summed E-state index contributed by atoms with van der Waals surface area (Å²) in [6, 6.07) is 18.2. The molecule has 1 aliphatic rings. The summed E-state index contributed by atoms with van der Waals surface area (Å²) in [5, 5.41) is 8.72. The van der Waals surface area contributed by atoms with E-state index >= 15 is 0 Å². The van der Waals surface area contributed by atoms with Gasteiger partial charge < -0.3 is 10.6 Å². The third-order valence-electron chi connectivity index (χ3n) is 6.77. The number of carbonyl (C=O) groups excluding carboxylic acids is 5. The minimum atomic E-state index is -1.15. The van der Waals surface area contributed by atoms with Crippen molar-refractivity contribution in [2.75, 3.05) is 0 Å². The van der Waals surface area contributed by atoms with Gasteiger partial charge in [-0.25, -0.2) is 4.98 Å². The van der Waals surface area contributed by atoms with Crippen molar-refractivity contribution in [1.29, 1.82) is 0 Å². The van der Waals surface area contributed by atoms with Crippen molar-refractivity contribution >= 4 is 40.3 Å². The smallest absolute Gasteiger partial charge is 0.270 e. The van der Waals surface area contributed by atoms with E-state index in [4.69, 9.17) is 0 Å². The van der Waals surface area contributed by atoms with Crippen LogP contribution in [0, 0.1) is 17.8 Å². The highest BCUT2D eigenvalue weighted by Crippen LogP contribution is 2.24. The average Bonchev–Trinajstić information content (AvgIpc) is 3.17. The van der Waals surface area contributed by atoms with E-state index < -0.39 is 53.3 Å². The third kappa shape index (κ3) is 5.77. The van der Waals surface area contributed by atoms with Gasteiger partial charge in [0.1, 0.15) is 11.6 Å². The third-order valence-corrected chi connectivity index (χ3v) is 6.77. The largest absolute Gasteiger partial charge is 0.346 e. The number of pyridine rings is 1. The summed E-state index contributed by atoms with van der Waals surface area (Å²) in [4.78, 5) is 68.1. The molecule has 3 aromatic rings. The highest BCUT2D eigenvalue weighted by molar-refractivity contribution is 6.16. The van der Waals surface area contributed by atoms with Crippen molar-refractivity contribution in [2.24, 2.45) is 17.8 Å². The molecule has 0 bridgehead atoms. The zero-order valence-electron chi connectivity index (χ0n) is 21.4. The fourth-order valence-electron chi connectivity index (χ4n) is 4.61. The van der Waals surface area contributed by atoms with E-state index in [2.05, 4.69) is 20.9 Å². The van der Waals surface area contributed by atoms with E-state index in [9.17, 15) is 24.0 Å². The molecule has 0 saturated carbocycles. The van der Waals surface area contributed by atoms with E-state index in [0.29, 0.717) is 11.1 Å². The molecule has 9 heteroatoms. The number of hydrogen-bond donors (Lipinski definition) is 3. The first-order chi connectivity index (χ1) is 18.2. The number of imide groups is 1. The summed E-state index contributed by atoms with van der Waals surface area (Å²) >= 11 is 0. The van der Waals surface area contributed by atoms with E-state index in [-0.39, 0.29) is 18.0 Å². The Morgan fingerprint density at radius 2 is 1.58 bits per heavy atom. The second-order valence-corrected chi connectivity index (χ2v) is 9.84. The lowest BCUT2D eigenvalue weighted by Crippen LogP contribution is -2.49. The zero-order chi connectivity index (χ0) is 27.4. The second-order valence-electron chi connectivity index (χ2n) is 9.84. The first-order valence-electron chi connectivity index (χ1n) is 12.5. The fourth-order valence-corrected chi connectivity index (χ4v) is 4.61. The van der Waals surface area contributed by atoms with Crippen LogP contribution >= 0.6 is 0 Å². The molecule has 0 unspecified atom stereocenters. The summed E-state index contributed by atoms with van der Waals surface area (Å²) in [6.45, 7) is 5.03. The molecule has 9 nitrogen and oxygen atoms in total. The maximum atomic E-state index is 13.2. The SMILES string of the molecule is CC(C)[C@@H](NC(=O)C[C@H](NC(=O)c1ccc2ccccc2n1)c1ccccc1)C(=O)[C@@H]1C(=O)NC(=O)[C@H]1C. The number of benzene rings is 2. The van der Waals surface area contributed by atoms with E-state index in [1.165, 1.54) is 6.92 Å². The average molecular weight is 515 g/mol. The lowest BCUT2D eigenvalue weighted by Gasteiger charge is -2.26. The number of para-hydroxylation sites is 1. The van der Waals surface area contributed by atoms with Crippen molar-refractivity contribution in [3.63, 3.8) is 0 Å². The molecule has 0 radical (unpaired) electrons. The molecular weight excluding hydrogens is 484 g/mol. The predicted octanol–water partition coefficient (Wildman–Crippen LogP) is 2.71. The lowest BCUT2D eigenvalue weighted by molar-refractivity contribution is -0.137. The topological polar surface area (TPSA) is 134 Å². The number of ketones is 1. The molecule has 0 aliphatic carbocycles. The summed E-state index contributed by atoms with van der Waals surface area (Å²) in [5.74, 6) is -4.86. The number of hydrogen-bond acceptors (Lipinski definition) is 6. The highest BCUT2D eigenvalue weighted by Gasteiger charge is 2.46. The molecule has 1 saturated heterocycles. The molecule has 4 atom stereocenters. The van der Waals surface area contributed by atoms with E-state index in [1.807, 2.05) is 36.4 Å². The molecular formula is C29H30N4O5. The minimum Gasteiger partial charge on any atom is -0.346 e. The summed E-state index contributed by atoms with van der Waals surface area (Å²) < 4.78 is 0. The van der Waals surface area contributed by atoms with E-state index in [0.717, 1.165) is 5.39 Å². The molecule has 4 rings (SSSR count). The maximum Gasteiger partial charge on any atom is 0.270 e. The van der Waals surface area contributed by atoms with Gasteiger partial charge in [-0.15, -0.1) is 0 Å². The molecule has 4 amide bonds. The van der Waals surface area contributed by atoms with Gasteiger partial charge in [-0.3, -0.25) is 29.3 Å². The van der Waals surface area contributed by atoms with Gasteiger partial charge in [0.05, 0.1) is 29.9 Å². The van der Waals surface area contributed by atoms with Crippen LogP contribution in [0.15, 0.2) is 66.7 Å². The monoisotopic (exact) mass is 514 g/mol. The molecule has 38 heavy (non-hydrogen) atoms. The van der Waals surface area contributed by atoms with Crippen molar-refractivity contribution in [1.82, 2.24) is 20.9 Å². The first-order valence-corrected chi connectivity index (χ1v) is 12.5. The standard InChI is InChI=1S/C29H30N4O5/c1-16(2)25(26(35)24-17(3)27(36)33-29(24)38)32-23(34)15-22(18-9-5-4-6-10-18)31-28(37)21-14-13-19-11-7-8-12-20(19)30-21/h4-14,16-17,22,24-25H,15H2,1-3H3,(H,31,37)(H,32,34)(H,33,36,38)/t17-,22-,24+,25+/m0/s1. The lowest BCUT2D eigenvalue weighted by atomic mass is 9.85. The van der Waals surface area contributed by atoms with Crippen LogP contribution in [0.2, 0.25) is 0 Å². The van der Waals surface area contributed by atoms with Crippen LogP contribution in [0.25, 0.3) is 10.9 Å². The first kappa shape index (κ1) is 26.7. The van der Waals surface area contributed by atoms with Crippen molar-refractivity contribution in [3.8, 4) is 0 Å². The quantitative estimate of drug-likeness (QED) is 0.297. The number of rotatable bonds is 9. The normalized spacial score (nSPS) is 18.6. The zero-order valence-corrected chi connectivity index (χ0v) is 21.4. The second kappa shape index (κ2) is 11.3. The van der Waals surface area contributed by atoms with Gasteiger partial charge in [-0.2, -0.15) is 0 Å². The molecule has 3 N–H and O–H groups in total. The predicted molar refractivity (Wildman–Crippen MR) is 141 cm³/mol. The molecule has 1 fully saturated rings. The number of carbonyl (C=O) groups is 5. The van der Waals surface area contributed by atoms with Crippen LogP contribution in [0.3, 0.4) is 0 Å². The number of fused-ring (bicyclic) bond motifs is 1. The Bertz CT molecular complexity index is 1390. The Hall–Kier alpha value is -4.40. The van der Waals surface area contributed by atoms with E-state index in [1.54, 1.807) is 44.2 Å². The van der Waals surface area contributed by atoms with Crippen molar-refractivity contribution in [2.45, 2.75) is 39.3 Å². The maximum absolute atomic E-state index is 13.2. The number of nitrogens with zero attached hydrogens (tertiary/aromatic N) is 1. The summed E-state index contributed by atoms with van der Waals surface area (Å²) in [7, 11) is 0. The molecule has 1 aliphatic heterocycles. The highest BCUT2D eigenvalue weighted by atomic mass is 16.2. The molecule has 0 spiro atoms. The van der Waals surface area contributed by atoms with Crippen LogP contribution in [0.5, 0.6) is 0 Å². The summed E-state index contributed by atoms with van der Waals surface area (Å²) in [5.41, 5.74) is 1.60. The Morgan fingerprint density at radius 3 is 2.24 bits per heavy atom. The summed E-state index contributed by atoms with van der Waals surface area (Å²) in [6.07, 6.45) is -0.148. The molecule has 2 aromatic carbocycles. The number of aromatic nitrogens is 1. The van der Waals surface area contributed by atoms with Gasteiger partial charge in [0.2, 0.25) is 17.7 Å². The van der Waals surface area contributed by atoms with Crippen LogP contribution in [0.4, 0.5) is 0 Å². The van der Waals surface area contributed by atoms with Crippen LogP contribution in [-0.2, 0) is 19.2 Å². The van der Waals surface area contributed by atoms with Crippen LogP contribution < -0.4 is 16.0 Å². The molecule has 196 valence electrons. The van der Waals surface area contributed by atoms with Gasteiger partial charge in [0, 0.05) is 5.39 Å². The van der Waals surface area contributed by atoms with Crippen molar-refractivity contribution < 1.29 is 24.0 Å².